The van der Waals surface area contributed by atoms with Crippen molar-refractivity contribution in [2.45, 2.75) is 6.92 Å². The summed E-state index contributed by atoms with van der Waals surface area (Å²) in [7, 11) is 3.49. The van der Waals surface area contributed by atoms with Crippen molar-refractivity contribution in [1.82, 2.24) is 9.55 Å². The van der Waals surface area contributed by atoms with Gasteiger partial charge in [-0.2, -0.15) is 5.26 Å². The average Bonchev–Trinajstić information content (AvgIpc) is 2.70. The average molecular weight is 227 g/mol. The van der Waals surface area contributed by atoms with Crippen molar-refractivity contribution in [1.29, 1.82) is 5.26 Å². The fraction of sp³-hybridized carbons (Fsp3) is 0.231. The molecule has 0 atom stereocenters. The van der Waals surface area contributed by atoms with Gasteiger partial charge in [-0.25, -0.2) is 4.98 Å². The monoisotopic (exact) mass is 227 g/mol. The minimum Gasteiger partial charge on any atom is -0.496 e. The number of imidazole rings is 1. The predicted octanol–water partition coefficient (Wildman–Crippen LogP) is 2.28. The molecule has 0 bridgehead atoms. The van der Waals surface area contributed by atoms with Gasteiger partial charge in [0, 0.05) is 13.2 Å². The molecule has 1 aromatic heterocycles. The summed E-state index contributed by atoms with van der Waals surface area (Å²) in [6.07, 6.45) is 1.71. The Morgan fingerprint density at radius 2 is 2.18 bits per heavy atom. The molecular weight excluding hydrogens is 214 g/mol. The smallest absolute Gasteiger partial charge is 0.159 e. The van der Waals surface area contributed by atoms with Crippen LogP contribution in [0, 0.1) is 18.3 Å². The number of rotatable bonds is 2. The first-order valence-corrected chi connectivity index (χ1v) is 5.24. The van der Waals surface area contributed by atoms with Crippen molar-refractivity contribution in [3.05, 3.63) is 35.7 Å². The van der Waals surface area contributed by atoms with E-state index in [2.05, 4.69) is 4.98 Å². The van der Waals surface area contributed by atoms with Gasteiger partial charge >= 0.3 is 0 Å². The van der Waals surface area contributed by atoms with Crippen LogP contribution in [-0.4, -0.2) is 16.7 Å². The van der Waals surface area contributed by atoms with Crippen LogP contribution >= 0.6 is 0 Å². The van der Waals surface area contributed by atoms with Gasteiger partial charge in [-0.3, -0.25) is 0 Å². The predicted molar refractivity (Wildman–Crippen MR) is 64.6 cm³/mol. The van der Waals surface area contributed by atoms with E-state index in [1.54, 1.807) is 13.3 Å². The van der Waals surface area contributed by atoms with Crippen LogP contribution in [0.15, 0.2) is 24.4 Å². The summed E-state index contributed by atoms with van der Waals surface area (Å²) in [6, 6.07) is 7.93. The molecule has 4 heteroatoms. The Balaban J connectivity index is 2.63. The lowest BCUT2D eigenvalue weighted by atomic mass is 10.1. The normalized spacial score (nSPS) is 10.0. The number of hydrogen-bond acceptors (Lipinski definition) is 3. The molecule has 0 amide bonds. The molecule has 2 rings (SSSR count). The highest BCUT2D eigenvalue weighted by atomic mass is 16.5. The summed E-state index contributed by atoms with van der Waals surface area (Å²) < 4.78 is 7.15. The lowest BCUT2D eigenvalue weighted by Gasteiger charge is -2.08. The van der Waals surface area contributed by atoms with Gasteiger partial charge in [0.1, 0.15) is 17.6 Å². The zero-order valence-electron chi connectivity index (χ0n) is 10.1. The van der Waals surface area contributed by atoms with E-state index in [9.17, 15) is 0 Å². The van der Waals surface area contributed by atoms with Crippen LogP contribution in [0.5, 0.6) is 5.75 Å². The number of nitriles is 1. The van der Waals surface area contributed by atoms with Crippen molar-refractivity contribution in [2.75, 3.05) is 7.11 Å². The van der Waals surface area contributed by atoms with Crippen LogP contribution < -0.4 is 4.74 Å². The molecule has 0 spiro atoms. The Hall–Kier alpha value is -2.28. The third kappa shape index (κ3) is 2.00. The van der Waals surface area contributed by atoms with E-state index in [-0.39, 0.29) is 0 Å². The van der Waals surface area contributed by atoms with Crippen LogP contribution in [0.4, 0.5) is 0 Å². The Labute approximate surface area is 100 Å². The zero-order valence-corrected chi connectivity index (χ0v) is 10.1. The number of benzene rings is 1. The number of aromatic nitrogens is 2. The molecule has 0 aliphatic heterocycles. The van der Waals surface area contributed by atoms with E-state index in [0.29, 0.717) is 5.69 Å². The van der Waals surface area contributed by atoms with Gasteiger partial charge in [0.05, 0.1) is 12.7 Å². The second-order valence-electron chi connectivity index (χ2n) is 3.88. The van der Waals surface area contributed by atoms with Crippen LogP contribution in [-0.2, 0) is 7.05 Å². The van der Waals surface area contributed by atoms with Crippen molar-refractivity contribution >= 4 is 0 Å². The minimum atomic E-state index is 0.408. The summed E-state index contributed by atoms with van der Waals surface area (Å²) in [5.74, 6) is 1.50. The molecule has 0 N–H and O–H groups in total. The van der Waals surface area contributed by atoms with Gasteiger partial charge in [0.25, 0.3) is 0 Å². The maximum atomic E-state index is 8.85. The van der Waals surface area contributed by atoms with E-state index < -0.39 is 0 Å². The summed E-state index contributed by atoms with van der Waals surface area (Å²) in [5, 5.41) is 8.85. The highest BCUT2D eigenvalue weighted by molar-refractivity contribution is 5.66. The molecule has 0 aliphatic carbocycles. The summed E-state index contributed by atoms with van der Waals surface area (Å²) in [6.45, 7) is 2.01. The van der Waals surface area contributed by atoms with Crippen molar-refractivity contribution in [2.24, 2.45) is 7.05 Å². The molecule has 17 heavy (non-hydrogen) atoms. The van der Waals surface area contributed by atoms with Crippen molar-refractivity contribution < 1.29 is 4.74 Å². The van der Waals surface area contributed by atoms with E-state index in [1.165, 1.54) is 0 Å². The Bertz CT molecular complexity index is 593. The maximum absolute atomic E-state index is 8.85. The van der Waals surface area contributed by atoms with Gasteiger partial charge in [0.15, 0.2) is 5.69 Å². The number of hydrogen-bond donors (Lipinski definition) is 0. The third-order valence-corrected chi connectivity index (χ3v) is 2.59. The molecule has 0 saturated heterocycles. The third-order valence-electron chi connectivity index (χ3n) is 2.59. The summed E-state index contributed by atoms with van der Waals surface area (Å²) >= 11 is 0. The number of methoxy groups -OCH3 is 1. The highest BCUT2D eigenvalue weighted by Crippen LogP contribution is 2.29. The Morgan fingerprint density at radius 1 is 1.41 bits per heavy atom. The molecule has 0 unspecified atom stereocenters. The summed E-state index contributed by atoms with van der Waals surface area (Å²) in [4.78, 5) is 4.27. The molecule has 4 nitrogen and oxygen atoms in total. The number of ether oxygens (including phenoxy) is 1. The summed E-state index contributed by atoms with van der Waals surface area (Å²) in [5.41, 5.74) is 2.44. The topological polar surface area (TPSA) is 50.8 Å². The quantitative estimate of drug-likeness (QED) is 0.790. The van der Waals surface area contributed by atoms with Gasteiger partial charge in [0.2, 0.25) is 0 Å². The van der Waals surface area contributed by atoms with Crippen LogP contribution in [0.3, 0.4) is 0 Å². The van der Waals surface area contributed by atoms with Crippen LogP contribution in [0.2, 0.25) is 0 Å². The standard InChI is InChI=1S/C13H13N3O/c1-9-4-5-12(17-3)11(6-9)13-15-10(7-14)8-16(13)2/h4-6,8H,1-3H3. The molecule has 0 saturated carbocycles. The SMILES string of the molecule is COc1ccc(C)cc1-c1nc(C#N)cn1C. The van der Waals surface area contributed by atoms with Gasteiger partial charge < -0.3 is 9.30 Å². The molecule has 1 heterocycles. The molecule has 0 aliphatic rings. The molecule has 0 fully saturated rings. The first kappa shape index (κ1) is 11.2. The van der Waals surface area contributed by atoms with Crippen LogP contribution in [0.1, 0.15) is 11.3 Å². The zero-order chi connectivity index (χ0) is 12.4. The maximum Gasteiger partial charge on any atom is 0.159 e. The second kappa shape index (κ2) is 4.30. The Morgan fingerprint density at radius 3 is 2.76 bits per heavy atom. The van der Waals surface area contributed by atoms with E-state index in [1.807, 2.05) is 42.8 Å². The molecule has 86 valence electrons. The molecule has 1 aromatic carbocycles. The lowest BCUT2D eigenvalue weighted by Crippen LogP contribution is -1.95. The molecule has 2 aromatic rings. The van der Waals surface area contributed by atoms with E-state index in [4.69, 9.17) is 10.00 Å². The van der Waals surface area contributed by atoms with Crippen molar-refractivity contribution in [3.8, 4) is 23.2 Å². The number of nitrogens with zero attached hydrogens (tertiary/aromatic N) is 3. The largest absolute Gasteiger partial charge is 0.496 e. The second-order valence-corrected chi connectivity index (χ2v) is 3.88. The fourth-order valence-corrected chi connectivity index (χ4v) is 1.77. The lowest BCUT2D eigenvalue weighted by molar-refractivity contribution is 0.416. The van der Waals surface area contributed by atoms with E-state index in [0.717, 1.165) is 22.7 Å². The van der Waals surface area contributed by atoms with Crippen molar-refractivity contribution in [3.63, 3.8) is 0 Å². The van der Waals surface area contributed by atoms with E-state index >= 15 is 0 Å². The highest BCUT2D eigenvalue weighted by Gasteiger charge is 2.12. The molecular formula is C13H13N3O. The first-order chi connectivity index (χ1) is 8.15. The van der Waals surface area contributed by atoms with Gasteiger partial charge in [-0.05, 0) is 19.1 Å². The Kier molecular flexibility index (Phi) is 2.84. The molecule has 0 radical (unpaired) electrons. The number of aryl methyl sites for hydroxylation is 2. The van der Waals surface area contributed by atoms with Gasteiger partial charge in [-0.1, -0.05) is 11.6 Å². The van der Waals surface area contributed by atoms with Crippen LogP contribution in [0.25, 0.3) is 11.4 Å². The minimum absolute atomic E-state index is 0.408. The first-order valence-electron chi connectivity index (χ1n) is 5.24. The fourth-order valence-electron chi connectivity index (χ4n) is 1.77. The van der Waals surface area contributed by atoms with Gasteiger partial charge in [-0.15, -0.1) is 0 Å².